The van der Waals surface area contributed by atoms with Crippen molar-refractivity contribution < 1.29 is 23.9 Å². The number of carbonyl (C=O) groups excluding carboxylic acids is 3. The van der Waals surface area contributed by atoms with E-state index in [1.54, 1.807) is 28.0 Å². The van der Waals surface area contributed by atoms with Crippen LogP contribution in [0.2, 0.25) is 5.02 Å². The highest BCUT2D eigenvalue weighted by atomic mass is 35.5. The van der Waals surface area contributed by atoms with Gasteiger partial charge in [0.05, 0.1) is 17.7 Å². The van der Waals surface area contributed by atoms with E-state index in [1.807, 2.05) is 20.8 Å². The smallest absolute Gasteiger partial charge is 0.410 e. The van der Waals surface area contributed by atoms with Gasteiger partial charge in [0.15, 0.2) is 0 Å². The summed E-state index contributed by atoms with van der Waals surface area (Å²) in [6.45, 7) is 6.98. The predicted molar refractivity (Wildman–Crippen MR) is 105 cm³/mol. The molecule has 2 heterocycles. The second-order valence-electron chi connectivity index (χ2n) is 8.19. The van der Waals surface area contributed by atoms with Crippen molar-refractivity contribution in [2.24, 2.45) is 11.8 Å². The van der Waals surface area contributed by atoms with E-state index in [0.717, 1.165) is 0 Å². The summed E-state index contributed by atoms with van der Waals surface area (Å²) in [6, 6.07) is 4.86. The number of benzene rings is 1. The molecule has 1 aromatic rings. The maximum absolute atomic E-state index is 12.9. The molecule has 0 aromatic heterocycles. The van der Waals surface area contributed by atoms with Crippen molar-refractivity contribution in [2.75, 3.05) is 31.6 Å². The maximum atomic E-state index is 12.9. The van der Waals surface area contributed by atoms with Gasteiger partial charge in [0.2, 0.25) is 5.91 Å². The number of rotatable bonds is 2. The molecule has 0 bridgehead atoms. The summed E-state index contributed by atoms with van der Waals surface area (Å²) >= 11 is 6.20. The number of esters is 1. The number of nitrogens with zero attached hydrogens (tertiary/aromatic N) is 2. The van der Waals surface area contributed by atoms with Crippen molar-refractivity contribution in [1.82, 2.24) is 4.90 Å². The van der Waals surface area contributed by atoms with Crippen molar-refractivity contribution in [3.63, 3.8) is 0 Å². The minimum atomic E-state index is -0.552. The molecule has 2 amide bonds. The third kappa shape index (κ3) is 4.09. The number of hydrogen-bond donors (Lipinski definition) is 0. The summed E-state index contributed by atoms with van der Waals surface area (Å²) in [4.78, 5) is 40.3. The highest BCUT2D eigenvalue weighted by Crippen LogP contribution is 2.36. The largest absolute Gasteiger partial charge is 0.465 e. The Morgan fingerprint density at radius 2 is 1.93 bits per heavy atom. The summed E-state index contributed by atoms with van der Waals surface area (Å²) in [6.07, 6.45) is 0.259. The molecule has 0 radical (unpaired) electrons. The average Bonchev–Trinajstić information content (AvgIpc) is 2.95. The highest BCUT2D eigenvalue weighted by Gasteiger charge is 2.45. The number of amides is 2. The molecule has 2 saturated heterocycles. The zero-order valence-electron chi connectivity index (χ0n) is 16.5. The quantitative estimate of drug-likeness (QED) is 0.701. The Hall–Kier alpha value is -2.28. The first-order valence-electron chi connectivity index (χ1n) is 9.28. The first kappa shape index (κ1) is 20.5. The van der Waals surface area contributed by atoms with Gasteiger partial charge in [0.25, 0.3) is 0 Å². The van der Waals surface area contributed by atoms with Crippen LogP contribution in [-0.2, 0) is 14.3 Å². The number of carbonyl (C=O) groups is 3. The van der Waals surface area contributed by atoms with Gasteiger partial charge in [-0.2, -0.15) is 0 Å². The van der Waals surface area contributed by atoms with E-state index in [1.165, 1.54) is 7.11 Å². The number of fused-ring (bicyclic) bond motifs is 1. The Kier molecular flexibility index (Phi) is 5.57. The molecule has 1 unspecified atom stereocenters. The SMILES string of the molecule is COC(=O)c1ccc(N2C[C@H]3CN(C(=O)OC(C)(C)C)CCC3C2=O)cc1Cl. The fraction of sp³-hybridized carbons (Fsp3) is 0.550. The van der Waals surface area contributed by atoms with E-state index >= 15 is 0 Å². The van der Waals surface area contributed by atoms with E-state index in [4.69, 9.17) is 21.1 Å². The van der Waals surface area contributed by atoms with Gasteiger partial charge in [-0.15, -0.1) is 0 Å². The van der Waals surface area contributed by atoms with Crippen molar-refractivity contribution in [1.29, 1.82) is 0 Å². The molecule has 2 aliphatic heterocycles. The van der Waals surface area contributed by atoms with Gasteiger partial charge >= 0.3 is 12.1 Å². The summed E-state index contributed by atoms with van der Waals surface area (Å²) in [7, 11) is 1.29. The van der Waals surface area contributed by atoms with Gasteiger partial charge in [0.1, 0.15) is 5.60 Å². The first-order valence-corrected chi connectivity index (χ1v) is 9.65. The summed E-state index contributed by atoms with van der Waals surface area (Å²) in [5.74, 6) is -0.590. The van der Waals surface area contributed by atoms with Crippen LogP contribution in [-0.4, -0.2) is 55.2 Å². The Morgan fingerprint density at radius 1 is 1.21 bits per heavy atom. The van der Waals surface area contributed by atoms with Gasteiger partial charge in [-0.25, -0.2) is 9.59 Å². The molecular weight excluding hydrogens is 384 g/mol. The summed E-state index contributed by atoms with van der Waals surface area (Å²) < 4.78 is 10.1. The van der Waals surface area contributed by atoms with Crippen LogP contribution in [0.3, 0.4) is 0 Å². The Balaban J connectivity index is 1.73. The van der Waals surface area contributed by atoms with Crippen molar-refractivity contribution >= 4 is 35.3 Å². The van der Waals surface area contributed by atoms with Crippen LogP contribution in [0.25, 0.3) is 0 Å². The Morgan fingerprint density at radius 3 is 2.54 bits per heavy atom. The number of hydrogen-bond acceptors (Lipinski definition) is 5. The molecular formula is C20H25ClN2O5. The number of likely N-dealkylation sites (tertiary alicyclic amines) is 1. The molecule has 2 fully saturated rings. The molecule has 1 aromatic carbocycles. The number of anilines is 1. The zero-order valence-corrected chi connectivity index (χ0v) is 17.3. The lowest BCUT2D eigenvalue weighted by molar-refractivity contribution is -0.122. The van der Waals surface area contributed by atoms with Crippen LogP contribution < -0.4 is 4.90 Å². The second-order valence-corrected chi connectivity index (χ2v) is 8.59. The average molecular weight is 409 g/mol. The van der Waals surface area contributed by atoms with E-state index in [-0.39, 0.29) is 34.4 Å². The van der Waals surface area contributed by atoms with Gasteiger partial charge in [-0.1, -0.05) is 11.6 Å². The van der Waals surface area contributed by atoms with E-state index in [0.29, 0.717) is 31.7 Å². The van der Waals surface area contributed by atoms with Gasteiger partial charge < -0.3 is 19.3 Å². The van der Waals surface area contributed by atoms with Crippen LogP contribution in [0, 0.1) is 11.8 Å². The third-order valence-corrected chi connectivity index (χ3v) is 5.37. The van der Waals surface area contributed by atoms with Gasteiger partial charge in [-0.3, -0.25) is 4.79 Å². The molecule has 28 heavy (non-hydrogen) atoms. The summed E-state index contributed by atoms with van der Waals surface area (Å²) in [5.41, 5.74) is 0.345. The minimum absolute atomic E-state index is 0.0238. The van der Waals surface area contributed by atoms with Crippen LogP contribution in [0.15, 0.2) is 18.2 Å². The maximum Gasteiger partial charge on any atom is 0.410 e. The third-order valence-electron chi connectivity index (χ3n) is 5.06. The molecule has 2 aliphatic rings. The normalized spacial score (nSPS) is 22.1. The second kappa shape index (κ2) is 7.62. The predicted octanol–water partition coefficient (Wildman–Crippen LogP) is 3.35. The fourth-order valence-electron chi connectivity index (χ4n) is 3.74. The van der Waals surface area contributed by atoms with Gasteiger partial charge in [-0.05, 0) is 45.4 Å². The topological polar surface area (TPSA) is 76.2 Å². The molecule has 0 N–H and O–H groups in total. The van der Waals surface area contributed by atoms with E-state index in [2.05, 4.69) is 0 Å². The van der Waals surface area contributed by atoms with Crippen LogP contribution >= 0.6 is 11.6 Å². The number of piperidine rings is 1. The standard InChI is InChI=1S/C20H25ClN2O5/c1-20(2,3)28-19(26)22-8-7-14-12(10-22)11-23(17(14)24)13-5-6-15(16(21)9-13)18(25)27-4/h5-6,9,12,14H,7-8,10-11H2,1-4H3/t12-,14?/m1/s1. The molecule has 0 aliphatic carbocycles. The first-order chi connectivity index (χ1) is 13.1. The van der Waals surface area contributed by atoms with Gasteiger partial charge in [0, 0.05) is 37.2 Å². The Bertz CT molecular complexity index is 804. The van der Waals surface area contributed by atoms with Crippen molar-refractivity contribution in [3.05, 3.63) is 28.8 Å². The molecule has 0 saturated carbocycles. The molecule has 7 nitrogen and oxygen atoms in total. The lowest BCUT2D eigenvalue weighted by Crippen LogP contribution is -2.46. The molecule has 2 atom stereocenters. The van der Waals surface area contributed by atoms with E-state index in [9.17, 15) is 14.4 Å². The summed E-state index contributed by atoms with van der Waals surface area (Å²) in [5, 5.41) is 0.238. The number of methoxy groups -OCH3 is 1. The zero-order chi connectivity index (χ0) is 20.6. The van der Waals surface area contributed by atoms with Crippen molar-refractivity contribution in [2.45, 2.75) is 32.8 Å². The molecule has 0 spiro atoms. The molecule has 8 heteroatoms. The molecule has 3 rings (SSSR count). The molecule has 152 valence electrons. The van der Waals surface area contributed by atoms with Crippen molar-refractivity contribution in [3.8, 4) is 0 Å². The fourth-order valence-corrected chi connectivity index (χ4v) is 3.99. The Labute approximate surface area is 169 Å². The lowest BCUT2D eigenvalue weighted by Gasteiger charge is -2.34. The highest BCUT2D eigenvalue weighted by molar-refractivity contribution is 6.34. The minimum Gasteiger partial charge on any atom is -0.465 e. The van der Waals surface area contributed by atoms with Crippen LogP contribution in [0.4, 0.5) is 10.5 Å². The lowest BCUT2D eigenvalue weighted by atomic mass is 9.88. The number of halogens is 1. The van der Waals surface area contributed by atoms with Crippen LogP contribution in [0.1, 0.15) is 37.6 Å². The van der Waals surface area contributed by atoms with Crippen LogP contribution in [0.5, 0.6) is 0 Å². The van der Waals surface area contributed by atoms with E-state index < -0.39 is 11.6 Å². The number of ether oxygens (including phenoxy) is 2. The monoisotopic (exact) mass is 408 g/mol.